The Morgan fingerprint density at radius 1 is 1.29 bits per heavy atom. The summed E-state index contributed by atoms with van der Waals surface area (Å²) in [4.78, 5) is 3.31. The molecule has 0 N–H and O–H groups in total. The highest BCUT2D eigenvalue weighted by atomic mass is 79.9. The highest BCUT2D eigenvalue weighted by molar-refractivity contribution is 9.10. The third-order valence-electron chi connectivity index (χ3n) is 1.47. The number of rotatable bonds is 1. The molecule has 0 amide bonds. The molecule has 0 fully saturated rings. The lowest BCUT2D eigenvalue weighted by atomic mass is 10.1. The van der Waals surface area contributed by atoms with E-state index in [2.05, 4.69) is 20.9 Å². The van der Waals surface area contributed by atoms with Crippen LogP contribution in [0.5, 0.6) is 0 Å². The van der Waals surface area contributed by atoms with Gasteiger partial charge >= 0.3 is 6.18 Å². The monoisotopic (exact) mass is 275 g/mol. The van der Waals surface area contributed by atoms with E-state index in [0.29, 0.717) is 6.07 Å². The van der Waals surface area contributed by atoms with Gasteiger partial charge in [-0.25, -0.2) is 13.8 Å². The lowest BCUT2D eigenvalue weighted by molar-refractivity contribution is -0.139. The Morgan fingerprint density at radius 2 is 1.86 bits per heavy atom. The molecule has 1 aromatic rings. The largest absolute Gasteiger partial charge is 0.417 e. The Kier molecular flexibility index (Phi) is 3.08. The molecular formula is C7H3BrF5N. The second-order valence-corrected chi connectivity index (χ2v) is 3.11. The summed E-state index contributed by atoms with van der Waals surface area (Å²) in [7, 11) is 0. The molecule has 0 saturated carbocycles. The first kappa shape index (κ1) is 11.4. The van der Waals surface area contributed by atoms with Crippen molar-refractivity contribution in [1.82, 2.24) is 4.98 Å². The van der Waals surface area contributed by atoms with E-state index in [0.717, 1.165) is 6.20 Å². The summed E-state index contributed by atoms with van der Waals surface area (Å²) in [5.41, 5.74) is -2.49. The molecule has 14 heavy (non-hydrogen) atoms. The van der Waals surface area contributed by atoms with Crippen molar-refractivity contribution in [2.45, 2.75) is 12.6 Å². The van der Waals surface area contributed by atoms with Gasteiger partial charge in [0.2, 0.25) is 0 Å². The van der Waals surface area contributed by atoms with Crippen molar-refractivity contribution in [3.8, 4) is 0 Å². The molecule has 0 saturated heterocycles. The second-order valence-electron chi connectivity index (χ2n) is 2.36. The summed E-state index contributed by atoms with van der Waals surface area (Å²) in [6.45, 7) is 0. The molecule has 1 heterocycles. The van der Waals surface area contributed by atoms with Crippen LogP contribution in [0.15, 0.2) is 16.9 Å². The molecule has 0 radical (unpaired) electrons. The van der Waals surface area contributed by atoms with Crippen LogP contribution in [0.4, 0.5) is 22.0 Å². The second kappa shape index (κ2) is 3.80. The maximum Gasteiger partial charge on any atom is 0.417 e. The highest BCUT2D eigenvalue weighted by Crippen LogP contribution is 2.38. The van der Waals surface area contributed by atoms with Crippen molar-refractivity contribution in [1.29, 1.82) is 0 Å². The van der Waals surface area contributed by atoms with Gasteiger partial charge in [0.15, 0.2) is 0 Å². The fourth-order valence-electron chi connectivity index (χ4n) is 0.902. The molecule has 0 aliphatic carbocycles. The minimum absolute atomic E-state index is 0.484. The van der Waals surface area contributed by atoms with Crippen molar-refractivity contribution in [3.63, 3.8) is 0 Å². The van der Waals surface area contributed by atoms with E-state index in [1.54, 1.807) is 0 Å². The maximum absolute atomic E-state index is 12.2. The normalized spacial score (nSPS) is 12.2. The number of aromatic nitrogens is 1. The first-order valence-corrected chi connectivity index (χ1v) is 4.13. The van der Waals surface area contributed by atoms with Crippen LogP contribution >= 0.6 is 15.9 Å². The van der Waals surface area contributed by atoms with Gasteiger partial charge in [0.05, 0.1) is 11.1 Å². The van der Waals surface area contributed by atoms with Crippen molar-refractivity contribution in [2.75, 3.05) is 0 Å². The van der Waals surface area contributed by atoms with Gasteiger partial charge in [0.25, 0.3) is 6.43 Å². The van der Waals surface area contributed by atoms with Gasteiger partial charge in [-0.3, -0.25) is 0 Å². The molecule has 0 bridgehead atoms. The molecule has 1 rings (SSSR count). The van der Waals surface area contributed by atoms with Crippen molar-refractivity contribution < 1.29 is 22.0 Å². The Labute approximate surface area is 84.1 Å². The average molecular weight is 276 g/mol. The van der Waals surface area contributed by atoms with Gasteiger partial charge in [-0.05, 0) is 22.0 Å². The van der Waals surface area contributed by atoms with E-state index < -0.39 is 28.3 Å². The number of nitrogens with zero attached hydrogens (tertiary/aromatic N) is 1. The zero-order valence-electron chi connectivity index (χ0n) is 6.45. The Bertz CT molecular complexity index is 335. The van der Waals surface area contributed by atoms with Gasteiger partial charge in [-0.2, -0.15) is 13.2 Å². The summed E-state index contributed by atoms with van der Waals surface area (Å²) < 4.78 is 60.6. The fraction of sp³-hybridized carbons (Fsp3) is 0.286. The van der Waals surface area contributed by atoms with Crippen LogP contribution in [-0.2, 0) is 6.18 Å². The van der Waals surface area contributed by atoms with E-state index in [-0.39, 0.29) is 0 Å². The number of alkyl halides is 5. The van der Waals surface area contributed by atoms with E-state index in [9.17, 15) is 22.0 Å². The number of pyridine rings is 1. The summed E-state index contributed by atoms with van der Waals surface area (Å²) >= 11 is 2.55. The predicted octanol–water partition coefficient (Wildman–Crippen LogP) is 3.80. The van der Waals surface area contributed by atoms with Crippen LogP contribution in [-0.4, -0.2) is 4.98 Å². The zero-order chi connectivity index (χ0) is 10.9. The van der Waals surface area contributed by atoms with E-state index in [1.807, 2.05) is 0 Å². The average Bonchev–Trinajstić information content (AvgIpc) is 2.01. The van der Waals surface area contributed by atoms with E-state index in [1.165, 1.54) is 0 Å². The van der Waals surface area contributed by atoms with Crippen LogP contribution in [0.25, 0.3) is 0 Å². The summed E-state index contributed by atoms with van der Waals surface area (Å²) in [6, 6.07) is 0.520. The van der Waals surface area contributed by atoms with Crippen LogP contribution in [0.3, 0.4) is 0 Å². The topological polar surface area (TPSA) is 12.9 Å². The van der Waals surface area contributed by atoms with Crippen LogP contribution in [0.2, 0.25) is 0 Å². The van der Waals surface area contributed by atoms with Gasteiger partial charge in [-0.15, -0.1) is 0 Å². The third-order valence-corrected chi connectivity index (χ3v) is 2.10. The van der Waals surface area contributed by atoms with Crippen molar-refractivity contribution >= 4 is 15.9 Å². The zero-order valence-corrected chi connectivity index (χ0v) is 8.03. The Morgan fingerprint density at radius 3 is 2.21 bits per heavy atom. The summed E-state index contributed by atoms with van der Waals surface area (Å²) in [6.07, 6.45) is -7.19. The number of hydrogen-bond donors (Lipinski definition) is 0. The van der Waals surface area contributed by atoms with Gasteiger partial charge in [0, 0.05) is 6.20 Å². The quantitative estimate of drug-likeness (QED) is 0.561. The van der Waals surface area contributed by atoms with E-state index >= 15 is 0 Å². The molecule has 0 aliphatic heterocycles. The molecule has 7 heteroatoms. The first-order valence-electron chi connectivity index (χ1n) is 3.33. The molecule has 0 aromatic carbocycles. The van der Waals surface area contributed by atoms with Crippen LogP contribution in [0, 0.1) is 0 Å². The smallest absolute Gasteiger partial charge is 0.249 e. The first-order chi connectivity index (χ1) is 6.34. The highest BCUT2D eigenvalue weighted by Gasteiger charge is 2.37. The summed E-state index contributed by atoms with van der Waals surface area (Å²) in [5.74, 6) is 0. The Balaban J connectivity index is 3.36. The predicted molar refractivity (Wildman–Crippen MR) is 41.9 cm³/mol. The minimum atomic E-state index is -4.79. The molecule has 0 unspecified atom stereocenters. The molecule has 1 aromatic heterocycles. The number of hydrogen-bond acceptors (Lipinski definition) is 1. The molecule has 0 aliphatic rings. The lowest BCUT2D eigenvalue weighted by Crippen LogP contribution is -2.10. The third kappa shape index (κ3) is 2.20. The molecule has 0 spiro atoms. The Hall–Kier alpha value is -0.720. The molecule has 1 nitrogen and oxygen atoms in total. The SMILES string of the molecule is FC(F)c1c(C(F)(F)F)ccnc1Br. The van der Waals surface area contributed by atoms with E-state index in [4.69, 9.17) is 0 Å². The summed E-state index contributed by atoms with van der Waals surface area (Å²) in [5, 5.41) is 0. The maximum atomic E-state index is 12.2. The minimum Gasteiger partial charge on any atom is -0.249 e. The van der Waals surface area contributed by atoms with Crippen LogP contribution in [0.1, 0.15) is 17.6 Å². The van der Waals surface area contributed by atoms with Gasteiger partial charge < -0.3 is 0 Å². The standard InChI is InChI=1S/C7H3BrF5N/c8-5-4(6(9)10)3(1-2-14-5)7(11,12)13/h1-2,6H. The van der Waals surface area contributed by atoms with Crippen molar-refractivity contribution in [2.24, 2.45) is 0 Å². The van der Waals surface area contributed by atoms with Crippen LogP contribution < -0.4 is 0 Å². The van der Waals surface area contributed by atoms with Gasteiger partial charge in [0.1, 0.15) is 4.60 Å². The lowest BCUT2D eigenvalue weighted by Gasteiger charge is -2.12. The van der Waals surface area contributed by atoms with Gasteiger partial charge in [-0.1, -0.05) is 0 Å². The van der Waals surface area contributed by atoms with Crippen molar-refractivity contribution in [3.05, 3.63) is 28.0 Å². The molecule has 78 valence electrons. The molecular weight excluding hydrogens is 273 g/mol. The molecule has 0 atom stereocenters. The number of halogens is 6. The fourth-order valence-corrected chi connectivity index (χ4v) is 1.41.